The smallest absolute Gasteiger partial charge is 0.211 e. The molecule has 0 saturated carbocycles. The monoisotopic (exact) mass is 476 g/mol. The van der Waals surface area contributed by atoms with Crippen LogP contribution in [0.1, 0.15) is 11.1 Å². The summed E-state index contributed by atoms with van der Waals surface area (Å²) in [5.74, 6) is -0.391. The average Bonchev–Trinajstić information content (AvgIpc) is 3.16. The minimum Gasteiger partial charge on any atom is -0.217 e. The zero-order valence-electron chi connectivity index (χ0n) is 15.5. The van der Waals surface area contributed by atoms with Gasteiger partial charge in [0.1, 0.15) is 11.5 Å². The fourth-order valence-electron chi connectivity index (χ4n) is 2.75. The highest BCUT2D eigenvalue weighted by Gasteiger charge is 2.09. The van der Waals surface area contributed by atoms with E-state index in [0.29, 0.717) is 10.4 Å². The predicted octanol–water partition coefficient (Wildman–Crippen LogP) is 6.10. The Balaban J connectivity index is 1.84. The number of aromatic nitrogens is 1. The molecule has 146 valence electrons. The first-order valence-electron chi connectivity index (χ1n) is 8.94. The molecule has 0 saturated heterocycles. The largest absolute Gasteiger partial charge is 0.217 e. The van der Waals surface area contributed by atoms with Crippen molar-refractivity contribution in [2.45, 2.75) is 0 Å². The molecule has 7 heteroatoms. The fourth-order valence-corrected chi connectivity index (χ4v) is 4.00. The SMILES string of the molecule is N#Cc1ccc(/C=N/n2c(-c3cccc(Br)c3)csc2=Nc2ccccc2F)cc1. The number of hydrogen-bond donors (Lipinski definition) is 0. The van der Waals surface area contributed by atoms with Crippen LogP contribution < -0.4 is 4.80 Å². The lowest BCUT2D eigenvalue weighted by Crippen LogP contribution is -2.11. The van der Waals surface area contributed by atoms with Gasteiger partial charge >= 0.3 is 0 Å². The normalized spacial score (nSPS) is 11.7. The number of rotatable bonds is 4. The average molecular weight is 477 g/mol. The summed E-state index contributed by atoms with van der Waals surface area (Å²) in [6.45, 7) is 0. The van der Waals surface area contributed by atoms with Crippen molar-refractivity contribution in [1.82, 2.24) is 4.68 Å². The quantitative estimate of drug-likeness (QED) is 0.328. The van der Waals surface area contributed by atoms with Crippen molar-refractivity contribution in [2.75, 3.05) is 0 Å². The van der Waals surface area contributed by atoms with Gasteiger partial charge in [0, 0.05) is 15.4 Å². The minimum atomic E-state index is -0.391. The first-order chi connectivity index (χ1) is 14.6. The molecule has 1 aromatic heterocycles. The van der Waals surface area contributed by atoms with Gasteiger partial charge in [0.25, 0.3) is 0 Å². The van der Waals surface area contributed by atoms with Crippen LogP contribution in [0.3, 0.4) is 0 Å². The van der Waals surface area contributed by atoms with E-state index in [0.717, 1.165) is 21.3 Å². The van der Waals surface area contributed by atoms with Crippen molar-refractivity contribution in [3.05, 3.63) is 104 Å². The Morgan fingerprint density at radius 2 is 1.83 bits per heavy atom. The maximum Gasteiger partial charge on any atom is 0.211 e. The third-order valence-corrected chi connectivity index (χ3v) is 5.55. The van der Waals surface area contributed by atoms with Gasteiger partial charge in [-0.25, -0.2) is 14.1 Å². The zero-order valence-corrected chi connectivity index (χ0v) is 17.9. The van der Waals surface area contributed by atoms with Crippen LogP contribution in [0.15, 0.2) is 92.7 Å². The van der Waals surface area contributed by atoms with Crippen molar-refractivity contribution >= 4 is 39.2 Å². The van der Waals surface area contributed by atoms with Gasteiger partial charge in [0.2, 0.25) is 4.80 Å². The molecule has 4 nitrogen and oxygen atoms in total. The Hall–Kier alpha value is -3.34. The molecule has 0 spiro atoms. The van der Waals surface area contributed by atoms with Crippen molar-refractivity contribution in [3.8, 4) is 17.3 Å². The van der Waals surface area contributed by atoms with Gasteiger partial charge in [0.15, 0.2) is 0 Å². The van der Waals surface area contributed by atoms with Gasteiger partial charge in [-0.05, 0) is 42.0 Å². The number of halogens is 2. The van der Waals surface area contributed by atoms with Crippen molar-refractivity contribution < 1.29 is 4.39 Å². The predicted molar refractivity (Wildman–Crippen MR) is 121 cm³/mol. The van der Waals surface area contributed by atoms with Crippen LogP contribution in [0, 0.1) is 17.1 Å². The van der Waals surface area contributed by atoms with E-state index in [9.17, 15) is 4.39 Å². The summed E-state index contributed by atoms with van der Waals surface area (Å²) in [5, 5.41) is 15.5. The van der Waals surface area contributed by atoms with Gasteiger partial charge in [0.05, 0.1) is 23.5 Å². The van der Waals surface area contributed by atoms with Gasteiger partial charge in [-0.15, -0.1) is 11.3 Å². The Morgan fingerprint density at radius 1 is 1.03 bits per heavy atom. The highest BCUT2D eigenvalue weighted by atomic mass is 79.9. The Kier molecular flexibility index (Phi) is 5.98. The molecule has 4 aromatic rings. The molecule has 0 N–H and O–H groups in total. The molecule has 0 amide bonds. The molecular formula is C23H14BrFN4S. The van der Waals surface area contributed by atoms with E-state index in [1.165, 1.54) is 17.4 Å². The third kappa shape index (κ3) is 4.46. The molecule has 0 fully saturated rings. The van der Waals surface area contributed by atoms with Crippen LogP contribution >= 0.6 is 27.3 Å². The minimum absolute atomic E-state index is 0.252. The van der Waals surface area contributed by atoms with Gasteiger partial charge < -0.3 is 0 Å². The van der Waals surface area contributed by atoms with Crippen LogP contribution in [-0.4, -0.2) is 10.9 Å². The molecule has 3 aromatic carbocycles. The molecule has 0 aliphatic rings. The molecule has 4 rings (SSSR count). The molecule has 0 unspecified atom stereocenters. The molecule has 0 aliphatic carbocycles. The molecule has 30 heavy (non-hydrogen) atoms. The van der Waals surface area contributed by atoms with Crippen LogP contribution in [-0.2, 0) is 0 Å². The van der Waals surface area contributed by atoms with E-state index in [1.807, 2.05) is 41.8 Å². The maximum absolute atomic E-state index is 14.1. The van der Waals surface area contributed by atoms with E-state index in [1.54, 1.807) is 41.2 Å². The molecular weight excluding hydrogens is 463 g/mol. The zero-order chi connectivity index (χ0) is 20.9. The Morgan fingerprint density at radius 3 is 2.57 bits per heavy atom. The van der Waals surface area contributed by atoms with Crippen LogP contribution in [0.2, 0.25) is 0 Å². The van der Waals surface area contributed by atoms with Crippen molar-refractivity contribution in [2.24, 2.45) is 10.1 Å². The van der Waals surface area contributed by atoms with Crippen molar-refractivity contribution in [3.63, 3.8) is 0 Å². The summed E-state index contributed by atoms with van der Waals surface area (Å²) in [7, 11) is 0. The van der Waals surface area contributed by atoms with Crippen molar-refractivity contribution in [1.29, 1.82) is 5.26 Å². The summed E-state index contributed by atoms with van der Waals surface area (Å²) in [5.41, 5.74) is 3.46. The second kappa shape index (κ2) is 8.99. The van der Waals surface area contributed by atoms with E-state index < -0.39 is 5.82 Å². The lowest BCUT2D eigenvalue weighted by molar-refractivity contribution is 0.628. The molecule has 0 aliphatic heterocycles. The number of nitrogens with zero attached hydrogens (tertiary/aromatic N) is 4. The molecule has 0 bridgehead atoms. The van der Waals surface area contributed by atoms with Gasteiger partial charge in [-0.2, -0.15) is 10.4 Å². The standard InChI is InChI=1S/C23H14BrFN4S/c24-19-5-3-4-18(12-19)22-15-30-23(28-21-7-2-1-6-20(21)25)29(22)27-14-17-10-8-16(13-26)9-11-17/h1-12,14-15H/b27-14+,28-23?. The highest BCUT2D eigenvalue weighted by molar-refractivity contribution is 9.10. The Labute approximate surface area is 185 Å². The molecule has 1 heterocycles. The summed E-state index contributed by atoms with van der Waals surface area (Å²) in [6, 6.07) is 23.5. The van der Waals surface area contributed by atoms with Gasteiger partial charge in [-0.3, -0.25) is 0 Å². The Bertz CT molecular complexity index is 1330. The number of hydrogen-bond acceptors (Lipinski definition) is 4. The summed E-state index contributed by atoms with van der Waals surface area (Å²) in [4.78, 5) is 5.03. The lowest BCUT2D eigenvalue weighted by Gasteiger charge is -2.04. The van der Waals surface area contributed by atoms with E-state index in [-0.39, 0.29) is 5.69 Å². The van der Waals surface area contributed by atoms with Gasteiger partial charge in [-0.1, -0.05) is 52.3 Å². The second-order valence-corrected chi connectivity index (χ2v) is 8.02. The summed E-state index contributed by atoms with van der Waals surface area (Å²) < 4.78 is 16.8. The first kappa shape index (κ1) is 20.0. The third-order valence-electron chi connectivity index (χ3n) is 4.24. The highest BCUT2D eigenvalue weighted by Crippen LogP contribution is 2.24. The molecule has 0 radical (unpaired) electrons. The topological polar surface area (TPSA) is 53.4 Å². The summed E-state index contributed by atoms with van der Waals surface area (Å²) in [6.07, 6.45) is 1.69. The van der Waals surface area contributed by atoms with E-state index in [4.69, 9.17) is 5.26 Å². The van der Waals surface area contributed by atoms with Crippen LogP contribution in [0.4, 0.5) is 10.1 Å². The first-order valence-corrected chi connectivity index (χ1v) is 10.6. The second-order valence-electron chi connectivity index (χ2n) is 6.27. The van der Waals surface area contributed by atoms with E-state index >= 15 is 0 Å². The number of benzene rings is 3. The number of thiazole rings is 1. The van der Waals surface area contributed by atoms with Crippen LogP contribution in [0.25, 0.3) is 11.3 Å². The number of nitriles is 1. The number of para-hydroxylation sites is 1. The van der Waals surface area contributed by atoms with E-state index in [2.05, 4.69) is 32.1 Å². The lowest BCUT2D eigenvalue weighted by atomic mass is 10.2. The fraction of sp³-hybridized carbons (Fsp3) is 0. The molecule has 0 atom stereocenters. The summed E-state index contributed by atoms with van der Waals surface area (Å²) >= 11 is 4.88. The maximum atomic E-state index is 14.1. The van der Waals surface area contributed by atoms with Crippen LogP contribution in [0.5, 0.6) is 0 Å².